The summed E-state index contributed by atoms with van der Waals surface area (Å²) in [6, 6.07) is 15.6. The Bertz CT molecular complexity index is 1380. The van der Waals surface area contributed by atoms with Crippen molar-refractivity contribution in [3.8, 4) is 11.6 Å². The Kier molecular flexibility index (Phi) is 4.20. The number of imidazole rings is 2. The second-order valence-corrected chi connectivity index (χ2v) is 6.87. The van der Waals surface area contributed by atoms with Crippen LogP contribution in [0.5, 0.6) is 0 Å². The van der Waals surface area contributed by atoms with E-state index in [1.54, 1.807) is 12.4 Å². The number of benzene rings is 2. The zero-order valence-electron chi connectivity index (χ0n) is 16.1. The Balaban J connectivity index is 1.49. The minimum Gasteiger partial charge on any atom is -0.327 e. The number of aryl methyl sites for hydroxylation is 3. The Morgan fingerprint density at radius 3 is 2.69 bits per heavy atom. The topological polar surface area (TPSA) is 70.5 Å². The lowest BCUT2D eigenvalue weighted by Crippen LogP contribution is -2.25. The summed E-state index contributed by atoms with van der Waals surface area (Å²) in [5, 5.41) is 5.86. The molecule has 29 heavy (non-hydrogen) atoms. The summed E-state index contributed by atoms with van der Waals surface area (Å²) in [5.41, 5.74) is 1.96. The van der Waals surface area contributed by atoms with Crippen molar-refractivity contribution < 1.29 is 0 Å². The van der Waals surface area contributed by atoms with Crippen LogP contribution in [0.2, 0.25) is 0 Å². The van der Waals surface area contributed by atoms with Gasteiger partial charge in [-0.3, -0.25) is 4.79 Å². The van der Waals surface area contributed by atoms with E-state index in [-0.39, 0.29) is 5.56 Å². The first-order chi connectivity index (χ1) is 14.3. The smallest absolute Gasteiger partial charge is 0.274 e. The summed E-state index contributed by atoms with van der Waals surface area (Å²) >= 11 is 0. The van der Waals surface area contributed by atoms with Crippen LogP contribution >= 0.6 is 0 Å². The van der Waals surface area contributed by atoms with E-state index in [0.717, 1.165) is 34.6 Å². The van der Waals surface area contributed by atoms with Gasteiger partial charge in [0, 0.05) is 30.9 Å². The lowest BCUT2D eigenvalue weighted by Gasteiger charge is -2.10. The molecule has 3 heterocycles. The molecule has 144 valence electrons. The molecule has 0 N–H and O–H groups in total. The van der Waals surface area contributed by atoms with E-state index in [4.69, 9.17) is 4.98 Å². The van der Waals surface area contributed by atoms with Gasteiger partial charge in [-0.05, 0) is 25.1 Å². The van der Waals surface area contributed by atoms with Crippen molar-refractivity contribution in [3.63, 3.8) is 0 Å². The SMILES string of the molecule is CCn1c(-c2nccn2CCn2ncc3ccccc3c2=O)nc2ccccc21. The zero-order chi connectivity index (χ0) is 19.8. The molecule has 0 saturated heterocycles. The maximum atomic E-state index is 12.7. The van der Waals surface area contributed by atoms with Crippen LogP contribution < -0.4 is 5.56 Å². The molecule has 0 spiro atoms. The first-order valence-corrected chi connectivity index (χ1v) is 9.68. The van der Waals surface area contributed by atoms with Gasteiger partial charge in [0.05, 0.1) is 29.2 Å². The fourth-order valence-electron chi connectivity index (χ4n) is 3.75. The van der Waals surface area contributed by atoms with Gasteiger partial charge in [-0.1, -0.05) is 30.3 Å². The van der Waals surface area contributed by atoms with Crippen molar-refractivity contribution in [1.82, 2.24) is 28.9 Å². The Morgan fingerprint density at radius 2 is 1.79 bits per heavy atom. The minimum absolute atomic E-state index is 0.0782. The van der Waals surface area contributed by atoms with Crippen molar-refractivity contribution in [2.45, 2.75) is 26.6 Å². The lowest BCUT2D eigenvalue weighted by molar-refractivity contribution is 0.515. The van der Waals surface area contributed by atoms with E-state index in [0.29, 0.717) is 18.5 Å². The molecule has 0 saturated carbocycles. The molecule has 0 aliphatic heterocycles. The molecule has 7 heteroatoms. The fourth-order valence-corrected chi connectivity index (χ4v) is 3.75. The van der Waals surface area contributed by atoms with Crippen LogP contribution in [-0.4, -0.2) is 28.9 Å². The number of rotatable bonds is 5. The van der Waals surface area contributed by atoms with Gasteiger partial charge in [0.2, 0.25) is 0 Å². The third-order valence-electron chi connectivity index (χ3n) is 5.20. The average molecular weight is 384 g/mol. The predicted octanol–water partition coefficient (Wildman–Crippen LogP) is 3.33. The largest absolute Gasteiger partial charge is 0.327 e. The van der Waals surface area contributed by atoms with Gasteiger partial charge >= 0.3 is 0 Å². The quantitative estimate of drug-likeness (QED) is 0.466. The molecule has 2 aromatic carbocycles. The van der Waals surface area contributed by atoms with E-state index in [9.17, 15) is 4.79 Å². The predicted molar refractivity (Wildman–Crippen MR) is 113 cm³/mol. The van der Waals surface area contributed by atoms with Crippen LogP contribution in [0.1, 0.15) is 6.92 Å². The number of fused-ring (bicyclic) bond motifs is 2. The van der Waals surface area contributed by atoms with Gasteiger partial charge in [-0.25, -0.2) is 14.6 Å². The Labute approximate surface area is 166 Å². The maximum absolute atomic E-state index is 12.7. The van der Waals surface area contributed by atoms with Crippen molar-refractivity contribution in [3.05, 3.63) is 77.5 Å². The molecule has 0 unspecified atom stereocenters. The molecule has 7 nitrogen and oxygen atoms in total. The highest BCUT2D eigenvalue weighted by atomic mass is 16.1. The van der Waals surface area contributed by atoms with Gasteiger partial charge in [0.25, 0.3) is 5.56 Å². The Morgan fingerprint density at radius 1 is 0.966 bits per heavy atom. The summed E-state index contributed by atoms with van der Waals surface area (Å²) in [7, 11) is 0. The molecule has 0 aliphatic rings. The molecule has 0 aliphatic carbocycles. The third kappa shape index (κ3) is 2.91. The minimum atomic E-state index is -0.0782. The molecule has 0 amide bonds. The standard InChI is InChI=1S/C22H20N6O/c1-2-27-19-10-6-5-9-18(19)25-21(27)20-23-11-12-26(20)13-14-28-22(29)17-8-4-3-7-16(17)15-24-28/h3-12,15H,2,13-14H2,1H3. The number of hydrogen-bond donors (Lipinski definition) is 0. The number of hydrogen-bond acceptors (Lipinski definition) is 4. The van der Waals surface area contributed by atoms with Gasteiger partial charge in [0.15, 0.2) is 11.6 Å². The Hall–Kier alpha value is -3.74. The molecular weight excluding hydrogens is 364 g/mol. The summed E-state index contributed by atoms with van der Waals surface area (Å²) in [6.45, 7) is 3.94. The fraction of sp³-hybridized carbons (Fsp3) is 0.182. The molecular formula is C22H20N6O. The molecule has 0 fully saturated rings. The van der Waals surface area contributed by atoms with Crippen LogP contribution in [-0.2, 0) is 19.6 Å². The highest BCUT2D eigenvalue weighted by molar-refractivity contribution is 5.80. The van der Waals surface area contributed by atoms with Crippen molar-refractivity contribution >= 4 is 21.8 Å². The summed E-state index contributed by atoms with van der Waals surface area (Å²) in [4.78, 5) is 22.1. The van der Waals surface area contributed by atoms with Gasteiger partial charge < -0.3 is 9.13 Å². The summed E-state index contributed by atoms with van der Waals surface area (Å²) in [5.74, 6) is 1.62. The van der Waals surface area contributed by atoms with Crippen molar-refractivity contribution in [2.75, 3.05) is 0 Å². The lowest BCUT2D eigenvalue weighted by atomic mass is 10.2. The van der Waals surface area contributed by atoms with Crippen LogP contribution in [0, 0.1) is 0 Å². The zero-order valence-corrected chi connectivity index (χ0v) is 16.1. The highest BCUT2D eigenvalue weighted by Crippen LogP contribution is 2.23. The molecule has 5 rings (SSSR count). The van der Waals surface area contributed by atoms with Crippen LogP contribution in [0.4, 0.5) is 0 Å². The van der Waals surface area contributed by atoms with E-state index in [2.05, 4.69) is 27.6 Å². The van der Waals surface area contributed by atoms with E-state index >= 15 is 0 Å². The van der Waals surface area contributed by atoms with Crippen molar-refractivity contribution in [2.24, 2.45) is 0 Å². The normalized spacial score (nSPS) is 11.5. The summed E-state index contributed by atoms with van der Waals surface area (Å²) in [6.07, 6.45) is 5.42. The van der Waals surface area contributed by atoms with Gasteiger partial charge in [-0.15, -0.1) is 0 Å². The third-order valence-corrected chi connectivity index (χ3v) is 5.20. The first-order valence-electron chi connectivity index (χ1n) is 9.68. The summed E-state index contributed by atoms with van der Waals surface area (Å²) < 4.78 is 5.69. The van der Waals surface area contributed by atoms with E-state index in [1.807, 2.05) is 53.2 Å². The average Bonchev–Trinajstić information content (AvgIpc) is 3.37. The highest BCUT2D eigenvalue weighted by Gasteiger charge is 2.16. The van der Waals surface area contributed by atoms with Crippen LogP contribution in [0.15, 0.2) is 71.9 Å². The van der Waals surface area contributed by atoms with E-state index < -0.39 is 0 Å². The molecule has 5 aromatic rings. The number of nitrogens with zero attached hydrogens (tertiary/aromatic N) is 6. The monoisotopic (exact) mass is 384 g/mol. The van der Waals surface area contributed by atoms with Crippen LogP contribution in [0.25, 0.3) is 33.5 Å². The van der Waals surface area contributed by atoms with E-state index in [1.165, 1.54) is 4.68 Å². The second-order valence-electron chi connectivity index (χ2n) is 6.87. The van der Waals surface area contributed by atoms with Gasteiger partial charge in [-0.2, -0.15) is 5.10 Å². The number of para-hydroxylation sites is 2. The molecule has 0 radical (unpaired) electrons. The molecule has 0 atom stereocenters. The maximum Gasteiger partial charge on any atom is 0.274 e. The molecule has 0 bridgehead atoms. The first kappa shape index (κ1) is 17.4. The van der Waals surface area contributed by atoms with Crippen LogP contribution in [0.3, 0.4) is 0 Å². The number of aromatic nitrogens is 6. The van der Waals surface area contributed by atoms with Crippen molar-refractivity contribution in [1.29, 1.82) is 0 Å². The molecule has 3 aromatic heterocycles. The van der Waals surface area contributed by atoms with Gasteiger partial charge in [0.1, 0.15) is 0 Å². The second kappa shape index (κ2) is 7.01.